The van der Waals surface area contributed by atoms with E-state index in [2.05, 4.69) is 0 Å². The molecule has 0 radical (unpaired) electrons. The van der Waals surface area contributed by atoms with E-state index in [4.69, 9.17) is 16.7 Å². The van der Waals surface area contributed by atoms with Crippen molar-refractivity contribution >= 4 is 17.6 Å². The molecule has 1 aromatic rings. The Balaban J connectivity index is 2.76. The van der Waals surface area contributed by atoms with Gasteiger partial charge in [-0.1, -0.05) is 11.6 Å². The molecule has 1 saturated carbocycles. The van der Waals surface area contributed by atoms with Crippen molar-refractivity contribution in [3.63, 3.8) is 0 Å². The molecule has 1 aliphatic rings. The van der Waals surface area contributed by atoms with Crippen molar-refractivity contribution in [2.24, 2.45) is 0 Å². The van der Waals surface area contributed by atoms with Crippen LogP contribution in [0.5, 0.6) is 0 Å². The molecule has 1 N–H and O–H groups in total. The molecule has 1 fully saturated rings. The van der Waals surface area contributed by atoms with Gasteiger partial charge >= 0.3 is 5.97 Å². The zero-order chi connectivity index (χ0) is 13.0. The highest BCUT2D eigenvalue weighted by Crippen LogP contribution is 2.51. The minimum Gasteiger partial charge on any atom is -0.481 e. The molecule has 1 aliphatic carbocycles. The van der Waals surface area contributed by atoms with E-state index in [1.165, 1.54) is 0 Å². The summed E-state index contributed by atoms with van der Waals surface area (Å²) in [6.45, 7) is 0. The quantitative estimate of drug-likeness (QED) is 0.509. The Morgan fingerprint density at radius 3 is 1.76 bits per heavy atom. The maximum Gasteiger partial charge on any atom is 0.314 e. The molecule has 0 aliphatic heterocycles. The first-order chi connectivity index (χ1) is 7.83. The van der Waals surface area contributed by atoms with Crippen molar-refractivity contribution in [3.8, 4) is 0 Å². The summed E-state index contributed by atoms with van der Waals surface area (Å²) in [5.74, 6) is -8.54. The molecular weight excluding hydrogens is 264 g/mol. The topological polar surface area (TPSA) is 37.3 Å². The Morgan fingerprint density at radius 2 is 1.47 bits per heavy atom. The summed E-state index contributed by atoms with van der Waals surface area (Å²) >= 11 is 5.03. The highest BCUT2D eigenvalue weighted by Gasteiger charge is 2.56. The van der Waals surface area contributed by atoms with Gasteiger partial charge in [0.1, 0.15) is 5.02 Å². The van der Waals surface area contributed by atoms with Crippen LogP contribution in [0.25, 0.3) is 0 Å². The molecule has 2 nitrogen and oxygen atoms in total. The average Bonchev–Trinajstić information content (AvgIpc) is 3.05. The van der Waals surface area contributed by atoms with Gasteiger partial charge in [-0.05, 0) is 12.8 Å². The fraction of sp³-hybridized carbons (Fsp3) is 0.300. The summed E-state index contributed by atoms with van der Waals surface area (Å²) < 4.78 is 53.2. The zero-order valence-corrected chi connectivity index (χ0v) is 8.92. The Kier molecular flexibility index (Phi) is 2.57. The second kappa shape index (κ2) is 3.60. The van der Waals surface area contributed by atoms with Crippen LogP contribution >= 0.6 is 11.6 Å². The first-order valence-electron chi connectivity index (χ1n) is 4.58. The Morgan fingerprint density at radius 1 is 1.06 bits per heavy atom. The van der Waals surface area contributed by atoms with Crippen molar-refractivity contribution in [1.29, 1.82) is 0 Å². The van der Waals surface area contributed by atoms with Gasteiger partial charge in [-0.3, -0.25) is 4.79 Å². The predicted molar refractivity (Wildman–Crippen MR) is 49.8 cm³/mol. The van der Waals surface area contributed by atoms with Crippen LogP contribution in [-0.2, 0) is 10.2 Å². The molecule has 0 saturated heterocycles. The number of benzene rings is 1. The maximum atomic E-state index is 13.5. The third-order valence-electron chi connectivity index (χ3n) is 2.85. The van der Waals surface area contributed by atoms with E-state index < -0.39 is 45.2 Å². The van der Waals surface area contributed by atoms with Crippen LogP contribution in [0.1, 0.15) is 18.4 Å². The fourth-order valence-electron chi connectivity index (χ4n) is 1.72. The standard InChI is InChI=1S/C10H5ClF4O2/c11-4-7(14)5(12)3(6(13)8(4)15)10(1-2-10)9(16)17/h1-2H2,(H,16,17). The van der Waals surface area contributed by atoms with E-state index in [1.807, 2.05) is 0 Å². The summed E-state index contributed by atoms with van der Waals surface area (Å²) in [4.78, 5) is 10.9. The number of hydrogen-bond donors (Lipinski definition) is 1. The van der Waals surface area contributed by atoms with E-state index in [0.717, 1.165) is 0 Å². The normalized spacial score (nSPS) is 17.0. The van der Waals surface area contributed by atoms with Gasteiger partial charge in [-0.25, -0.2) is 17.6 Å². The van der Waals surface area contributed by atoms with Crippen LogP contribution < -0.4 is 0 Å². The molecule has 1 aromatic carbocycles. The van der Waals surface area contributed by atoms with Crippen molar-refractivity contribution in [3.05, 3.63) is 33.9 Å². The van der Waals surface area contributed by atoms with Crippen LogP contribution in [0.4, 0.5) is 17.6 Å². The lowest BCUT2D eigenvalue weighted by Gasteiger charge is -2.14. The molecule has 0 unspecified atom stereocenters. The molecule has 0 heterocycles. The van der Waals surface area contributed by atoms with E-state index in [0.29, 0.717) is 0 Å². The first kappa shape index (κ1) is 12.2. The van der Waals surface area contributed by atoms with Gasteiger partial charge in [0, 0.05) is 5.56 Å². The van der Waals surface area contributed by atoms with Gasteiger partial charge in [0.15, 0.2) is 23.3 Å². The summed E-state index contributed by atoms with van der Waals surface area (Å²) in [6.07, 6.45) is -0.145. The van der Waals surface area contributed by atoms with E-state index in [1.54, 1.807) is 0 Å². The lowest BCUT2D eigenvalue weighted by molar-refractivity contribution is -0.140. The molecule has 2 rings (SSSR count). The molecule has 0 amide bonds. The van der Waals surface area contributed by atoms with Crippen molar-refractivity contribution < 1.29 is 27.5 Å². The van der Waals surface area contributed by atoms with Crippen molar-refractivity contribution in [1.82, 2.24) is 0 Å². The second-order valence-electron chi connectivity index (χ2n) is 3.83. The van der Waals surface area contributed by atoms with Crippen LogP contribution in [-0.4, -0.2) is 11.1 Å². The lowest BCUT2D eigenvalue weighted by atomic mass is 9.94. The minimum atomic E-state index is -1.87. The number of carboxylic acid groups (broad SMARTS) is 1. The summed E-state index contributed by atoms with van der Waals surface area (Å²) in [7, 11) is 0. The van der Waals surface area contributed by atoms with Crippen molar-refractivity contribution in [2.75, 3.05) is 0 Å². The number of carbonyl (C=O) groups is 1. The Bertz CT molecular complexity index is 497. The van der Waals surface area contributed by atoms with Crippen LogP contribution in [0, 0.1) is 23.3 Å². The number of aliphatic carboxylic acids is 1. The number of hydrogen-bond acceptors (Lipinski definition) is 1. The maximum absolute atomic E-state index is 13.5. The zero-order valence-electron chi connectivity index (χ0n) is 8.16. The summed E-state index contributed by atoms with van der Waals surface area (Å²) in [5.41, 5.74) is -2.97. The van der Waals surface area contributed by atoms with E-state index >= 15 is 0 Å². The summed E-state index contributed by atoms with van der Waals surface area (Å²) in [5, 5.41) is 7.53. The van der Waals surface area contributed by atoms with E-state index in [-0.39, 0.29) is 12.8 Å². The second-order valence-corrected chi connectivity index (χ2v) is 4.21. The van der Waals surface area contributed by atoms with Crippen molar-refractivity contribution in [2.45, 2.75) is 18.3 Å². The van der Waals surface area contributed by atoms with Crippen LogP contribution in [0.2, 0.25) is 5.02 Å². The average molecular weight is 269 g/mol. The third-order valence-corrected chi connectivity index (χ3v) is 3.18. The van der Waals surface area contributed by atoms with Gasteiger partial charge in [0.2, 0.25) is 0 Å². The Labute approximate surface area is 97.8 Å². The molecule has 0 spiro atoms. The molecule has 0 atom stereocenters. The Hall–Kier alpha value is -1.30. The van der Waals surface area contributed by atoms with Gasteiger partial charge in [0.25, 0.3) is 0 Å². The molecule has 92 valence electrons. The number of halogens is 5. The van der Waals surface area contributed by atoms with Gasteiger partial charge in [0.05, 0.1) is 5.41 Å². The van der Waals surface area contributed by atoms with E-state index in [9.17, 15) is 22.4 Å². The molecule has 17 heavy (non-hydrogen) atoms. The highest BCUT2D eigenvalue weighted by atomic mass is 35.5. The SMILES string of the molecule is O=C(O)C1(c2c(F)c(F)c(Cl)c(F)c2F)CC1. The molecule has 0 aromatic heterocycles. The van der Waals surface area contributed by atoms with Gasteiger partial charge < -0.3 is 5.11 Å². The molecule has 7 heteroatoms. The fourth-order valence-corrected chi connectivity index (χ4v) is 1.89. The number of rotatable bonds is 2. The van der Waals surface area contributed by atoms with Crippen LogP contribution in [0.15, 0.2) is 0 Å². The molecular formula is C10H5ClF4O2. The van der Waals surface area contributed by atoms with Crippen LogP contribution in [0.3, 0.4) is 0 Å². The third kappa shape index (κ3) is 1.50. The smallest absolute Gasteiger partial charge is 0.314 e. The van der Waals surface area contributed by atoms with Gasteiger partial charge in [-0.2, -0.15) is 0 Å². The number of carboxylic acids is 1. The monoisotopic (exact) mass is 268 g/mol. The largest absolute Gasteiger partial charge is 0.481 e. The predicted octanol–water partition coefficient (Wildman–Crippen LogP) is 3.01. The first-order valence-corrected chi connectivity index (χ1v) is 4.96. The highest BCUT2D eigenvalue weighted by molar-refractivity contribution is 6.30. The molecule has 0 bridgehead atoms. The lowest BCUT2D eigenvalue weighted by Crippen LogP contribution is -2.24. The summed E-state index contributed by atoms with van der Waals surface area (Å²) in [6, 6.07) is 0. The minimum absolute atomic E-state index is 0.0727. The van der Waals surface area contributed by atoms with Gasteiger partial charge in [-0.15, -0.1) is 0 Å².